The predicted octanol–water partition coefficient (Wildman–Crippen LogP) is 2.43. The summed E-state index contributed by atoms with van der Waals surface area (Å²) >= 11 is 0. The molecule has 2 heteroatoms. The smallest absolute Gasteiger partial charge is 0.132 e. The van der Waals surface area contributed by atoms with E-state index in [0.717, 1.165) is 5.57 Å². The number of hydrogen-bond donors (Lipinski definition) is 1. The standard InChI is InChI=1S/C10H12O2/c1-3-8(2)7-9(11)10-5-4-6-12-10/h4-6,9,11H,1,7H2,2H3. The van der Waals surface area contributed by atoms with Crippen LogP contribution < -0.4 is 0 Å². The third-order valence-corrected chi connectivity index (χ3v) is 1.67. The Morgan fingerprint density at radius 1 is 1.83 bits per heavy atom. The van der Waals surface area contributed by atoms with Gasteiger partial charge in [0.2, 0.25) is 0 Å². The Morgan fingerprint density at radius 3 is 3.08 bits per heavy atom. The Balaban J connectivity index is 2.61. The Kier molecular flexibility index (Phi) is 2.92. The average Bonchev–Trinajstić information content (AvgIpc) is 2.56. The van der Waals surface area contributed by atoms with Gasteiger partial charge in [0.15, 0.2) is 0 Å². The van der Waals surface area contributed by atoms with Crippen LogP contribution in [0.15, 0.2) is 40.7 Å². The van der Waals surface area contributed by atoms with Crippen molar-refractivity contribution in [1.29, 1.82) is 0 Å². The van der Waals surface area contributed by atoms with Crippen LogP contribution in [0.25, 0.3) is 0 Å². The molecule has 1 heterocycles. The highest BCUT2D eigenvalue weighted by Crippen LogP contribution is 2.19. The number of rotatable bonds is 3. The summed E-state index contributed by atoms with van der Waals surface area (Å²) in [6.07, 6.45) is 1.50. The monoisotopic (exact) mass is 164 g/mol. The fourth-order valence-corrected chi connectivity index (χ4v) is 0.944. The van der Waals surface area contributed by atoms with Crippen LogP contribution in [-0.2, 0) is 0 Å². The van der Waals surface area contributed by atoms with E-state index in [1.54, 1.807) is 18.4 Å². The summed E-state index contributed by atoms with van der Waals surface area (Å²) in [5.41, 5.74) is 3.65. The van der Waals surface area contributed by atoms with Crippen molar-refractivity contribution in [3.63, 3.8) is 0 Å². The summed E-state index contributed by atoms with van der Waals surface area (Å²) in [7, 11) is 0. The molecule has 1 N–H and O–H groups in total. The quantitative estimate of drug-likeness (QED) is 0.696. The minimum absolute atomic E-state index is 0.525. The van der Waals surface area contributed by atoms with Crippen LogP contribution in [0.3, 0.4) is 0 Å². The number of aliphatic hydroxyl groups excluding tert-OH is 1. The first-order chi connectivity index (χ1) is 5.74. The normalized spacial score (nSPS) is 12.2. The van der Waals surface area contributed by atoms with E-state index < -0.39 is 6.10 Å². The van der Waals surface area contributed by atoms with Gasteiger partial charge in [0.25, 0.3) is 0 Å². The number of hydrogen-bond acceptors (Lipinski definition) is 2. The van der Waals surface area contributed by atoms with Crippen molar-refractivity contribution >= 4 is 0 Å². The van der Waals surface area contributed by atoms with Crippen LogP contribution in [-0.4, -0.2) is 5.11 Å². The van der Waals surface area contributed by atoms with E-state index in [9.17, 15) is 5.11 Å². The first-order valence-electron chi connectivity index (χ1n) is 3.81. The van der Waals surface area contributed by atoms with Crippen LogP contribution in [0.5, 0.6) is 0 Å². The lowest BCUT2D eigenvalue weighted by Gasteiger charge is -2.05. The minimum Gasteiger partial charge on any atom is -0.467 e. The summed E-state index contributed by atoms with van der Waals surface area (Å²) in [4.78, 5) is 0. The highest BCUT2D eigenvalue weighted by Gasteiger charge is 2.09. The van der Waals surface area contributed by atoms with E-state index in [2.05, 4.69) is 12.3 Å². The third-order valence-electron chi connectivity index (χ3n) is 1.67. The zero-order valence-corrected chi connectivity index (χ0v) is 7.08. The molecule has 0 aliphatic rings. The van der Waals surface area contributed by atoms with E-state index >= 15 is 0 Å². The van der Waals surface area contributed by atoms with E-state index in [-0.39, 0.29) is 0 Å². The van der Waals surface area contributed by atoms with Crippen molar-refractivity contribution in [2.75, 3.05) is 0 Å². The van der Waals surface area contributed by atoms with Crippen molar-refractivity contribution in [2.45, 2.75) is 19.4 Å². The van der Waals surface area contributed by atoms with Gasteiger partial charge in [-0.2, -0.15) is 0 Å². The molecule has 1 rings (SSSR count). The Labute approximate surface area is 71.8 Å². The maximum Gasteiger partial charge on any atom is 0.132 e. The van der Waals surface area contributed by atoms with Crippen LogP contribution >= 0.6 is 0 Å². The second-order valence-corrected chi connectivity index (χ2v) is 2.69. The Morgan fingerprint density at radius 2 is 2.58 bits per heavy atom. The van der Waals surface area contributed by atoms with Crippen molar-refractivity contribution in [3.05, 3.63) is 42.0 Å². The van der Waals surface area contributed by atoms with Crippen molar-refractivity contribution in [1.82, 2.24) is 0 Å². The highest BCUT2D eigenvalue weighted by atomic mass is 16.4. The molecule has 0 saturated carbocycles. The molecule has 12 heavy (non-hydrogen) atoms. The second kappa shape index (κ2) is 3.96. The fraction of sp³-hybridized carbons (Fsp3) is 0.300. The van der Waals surface area contributed by atoms with Gasteiger partial charge in [0.05, 0.1) is 6.26 Å². The van der Waals surface area contributed by atoms with Crippen LogP contribution in [0.4, 0.5) is 0 Å². The molecule has 1 aromatic rings. The van der Waals surface area contributed by atoms with Gasteiger partial charge in [-0.3, -0.25) is 0 Å². The third kappa shape index (κ3) is 2.12. The molecule has 64 valence electrons. The molecule has 0 amide bonds. The maximum absolute atomic E-state index is 9.53. The maximum atomic E-state index is 9.53. The number of aliphatic hydroxyl groups is 1. The molecule has 2 nitrogen and oxygen atoms in total. The summed E-state index contributed by atoms with van der Waals surface area (Å²) < 4.78 is 5.03. The highest BCUT2D eigenvalue weighted by molar-refractivity contribution is 5.06. The molecule has 1 aromatic heterocycles. The average molecular weight is 164 g/mol. The van der Waals surface area contributed by atoms with Crippen LogP contribution in [0.1, 0.15) is 25.2 Å². The first-order valence-corrected chi connectivity index (χ1v) is 3.81. The SMILES string of the molecule is C=C=C(C)CC(O)c1ccco1. The van der Waals surface area contributed by atoms with Gasteiger partial charge in [-0.05, 0) is 24.6 Å². The summed E-state index contributed by atoms with van der Waals surface area (Å²) in [6, 6.07) is 3.51. The van der Waals surface area contributed by atoms with Gasteiger partial charge >= 0.3 is 0 Å². The summed E-state index contributed by atoms with van der Waals surface area (Å²) in [5, 5.41) is 9.53. The van der Waals surface area contributed by atoms with Gasteiger partial charge in [-0.1, -0.05) is 6.58 Å². The predicted molar refractivity (Wildman–Crippen MR) is 46.6 cm³/mol. The second-order valence-electron chi connectivity index (χ2n) is 2.69. The molecule has 0 radical (unpaired) electrons. The molecule has 1 unspecified atom stereocenters. The molecule has 0 aliphatic carbocycles. The largest absolute Gasteiger partial charge is 0.467 e. The Hall–Kier alpha value is -1.24. The van der Waals surface area contributed by atoms with E-state index in [0.29, 0.717) is 12.2 Å². The Bertz CT molecular complexity index is 279. The zero-order valence-electron chi connectivity index (χ0n) is 7.08. The topological polar surface area (TPSA) is 33.4 Å². The zero-order chi connectivity index (χ0) is 8.97. The van der Waals surface area contributed by atoms with Gasteiger partial charge in [0, 0.05) is 6.42 Å². The molecule has 0 fully saturated rings. The molecule has 0 aromatic carbocycles. The molecule has 0 aliphatic heterocycles. The van der Waals surface area contributed by atoms with Gasteiger partial charge in [-0.25, -0.2) is 0 Å². The lowest BCUT2D eigenvalue weighted by molar-refractivity contribution is 0.150. The van der Waals surface area contributed by atoms with Gasteiger partial charge < -0.3 is 9.52 Å². The summed E-state index contributed by atoms with van der Waals surface area (Å²) in [6.45, 7) is 5.37. The van der Waals surface area contributed by atoms with E-state index in [1.807, 2.05) is 6.92 Å². The molecule has 0 bridgehead atoms. The first kappa shape index (κ1) is 8.85. The van der Waals surface area contributed by atoms with E-state index in [1.165, 1.54) is 0 Å². The fourth-order valence-electron chi connectivity index (χ4n) is 0.944. The molecule has 1 atom stereocenters. The van der Waals surface area contributed by atoms with Crippen LogP contribution in [0, 0.1) is 0 Å². The van der Waals surface area contributed by atoms with E-state index in [4.69, 9.17) is 4.42 Å². The van der Waals surface area contributed by atoms with Crippen molar-refractivity contribution < 1.29 is 9.52 Å². The van der Waals surface area contributed by atoms with Crippen molar-refractivity contribution in [3.8, 4) is 0 Å². The lowest BCUT2D eigenvalue weighted by atomic mass is 10.1. The lowest BCUT2D eigenvalue weighted by Crippen LogP contribution is -1.95. The molecular formula is C10H12O2. The van der Waals surface area contributed by atoms with Crippen molar-refractivity contribution in [2.24, 2.45) is 0 Å². The molecule has 0 spiro atoms. The summed E-state index contributed by atoms with van der Waals surface area (Å²) in [5.74, 6) is 0.588. The van der Waals surface area contributed by atoms with Gasteiger partial charge in [0.1, 0.15) is 11.9 Å². The molecule has 0 saturated heterocycles. The van der Waals surface area contributed by atoms with Crippen LogP contribution in [0.2, 0.25) is 0 Å². The van der Waals surface area contributed by atoms with Gasteiger partial charge in [-0.15, -0.1) is 5.73 Å². The minimum atomic E-state index is -0.575. The molecular weight excluding hydrogens is 152 g/mol. The number of furan rings is 1.